The topological polar surface area (TPSA) is 20.2 Å². The fourth-order valence-electron chi connectivity index (χ4n) is 2.80. The highest BCUT2D eigenvalue weighted by Crippen LogP contribution is 2.50. The zero-order chi connectivity index (χ0) is 12.8. The summed E-state index contributed by atoms with van der Waals surface area (Å²) in [6.45, 7) is 10.6. The first-order valence-corrected chi connectivity index (χ1v) is 6.84. The monoisotopic (exact) mass is 294 g/mol. The average Bonchev–Trinajstić information content (AvgIpc) is 2.53. The van der Waals surface area contributed by atoms with Gasteiger partial charge in [-0.15, -0.1) is 0 Å². The highest BCUT2D eigenvalue weighted by Gasteiger charge is 2.40. The fourth-order valence-corrected chi connectivity index (χ4v) is 3.14. The average molecular weight is 295 g/mol. The Morgan fingerprint density at radius 1 is 1.47 bits per heavy atom. The lowest BCUT2D eigenvalue weighted by molar-refractivity contribution is 0.445. The lowest BCUT2D eigenvalue weighted by atomic mass is 9.76. The molecule has 0 bridgehead atoms. The Kier molecular flexibility index (Phi) is 3.11. The van der Waals surface area contributed by atoms with Gasteiger partial charge in [0.15, 0.2) is 0 Å². The first-order chi connectivity index (χ1) is 7.86. The minimum absolute atomic E-state index is 0.0836. The summed E-state index contributed by atoms with van der Waals surface area (Å²) >= 11 is 3.55. The van der Waals surface area contributed by atoms with Crippen LogP contribution in [-0.4, -0.2) is 5.11 Å². The Labute approximate surface area is 112 Å². The van der Waals surface area contributed by atoms with Crippen LogP contribution in [0, 0.1) is 12.8 Å². The molecule has 0 unspecified atom stereocenters. The van der Waals surface area contributed by atoms with Gasteiger partial charge in [0.2, 0.25) is 0 Å². The van der Waals surface area contributed by atoms with E-state index in [4.69, 9.17) is 0 Å². The van der Waals surface area contributed by atoms with E-state index in [1.807, 2.05) is 19.1 Å². The summed E-state index contributed by atoms with van der Waals surface area (Å²) in [7, 11) is 0. The molecule has 0 heterocycles. The molecule has 17 heavy (non-hydrogen) atoms. The Morgan fingerprint density at radius 2 is 2.12 bits per heavy atom. The molecule has 1 aliphatic rings. The van der Waals surface area contributed by atoms with E-state index in [-0.39, 0.29) is 5.41 Å². The Bertz CT molecular complexity index is 478. The summed E-state index contributed by atoms with van der Waals surface area (Å²) in [5.41, 5.74) is 3.22. The van der Waals surface area contributed by atoms with Crippen LogP contribution in [0.4, 0.5) is 0 Å². The highest BCUT2D eigenvalue weighted by atomic mass is 79.9. The fraction of sp³-hybridized carbons (Fsp3) is 0.467. The zero-order valence-electron chi connectivity index (χ0n) is 10.7. The van der Waals surface area contributed by atoms with Crippen LogP contribution in [0.15, 0.2) is 28.8 Å². The molecule has 1 aliphatic carbocycles. The number of halogens is 1. The molecule has 1 nitrogen and oxygen atoms in total. The number of hydrogen-bond acceptors (Lipinski definition) is 1. The van der Waals surface area contributed by atoms with Crippen LogP contribution in [0.1, 0.15) is 37.8 Å². The first-order valence-electron chi connectivity index (χ1n) is 6.05. The third kappa shape index (κ3) is 1.93. The van der Waals surface area contributed by atoms with E-state index in [0.717, 1.165) is 28.4 Å². The lowest BCUT2D eigenvalue weighted by Gasteiger charge is -2.28. The number of aromatic hydroxyl groups is 1. The van der Waals surface area contributed by atoms with Gasteiger partial charge < -0.3 is 5.11 Å². The van der Waals surface area contributed by atoms with E-state index >= 15 is 0 Å². The summed E-state index contributed by atoms with van der Waals surface area (Å²) in [5.74, 6) is 0.933. The second-order valence-corrected chi connectivity index (χ2v) is 6.27. The number of allylic oxidation sites excluding steroid dienone is 1. The van der Waals surface area contributed by atoms with E-state index in [9.17, 15) is 5.11 Å². The summed E-state index contributed by atoms with van der Waals surface area (Å²) in [6.07, 6.45) is 2.22. The van der Waals surface area contributed by atoms with E-state index < -0.39 is 0 Å². The smallest absolute Gasteiger partial charge is 0.119 e. The molecular formula is C15H19BrO. The summed E-state index contributed by atoms with van der Waals surface area (Å²) in [6, 6.07) is 3.88. The predicted molar refractivity (Wildman–Crippen MR) is 75.4 cm³/mol. The van der Waals surface area contributed by atoms with Crippen molar-refractivity contribution < 1.29 is 5.11 Å². The molecule has 1 aromatic carbocycles. The number of rotatable bonds is 1. The van der Waals surface area contributed by atoms with Crippen LogP contribution in [0.2, 0.25) is 0 Å². The maximum absolute atomic E-state index is 10.2. The van der Waals surface area contributed by atoms with Crippen molar-refractivity contribution in [2.24, 2.45) is 5.92 Å². The van der Waals surface area contributed by atoms with Gasteiger partial charge in [0.1, 0.15) is 5.75 Å². The third-order valence-corrected chi connectivity index (χ3v) is 5.11. The zero-order valence-corrected chi connectivity index (χ0v) is 12.3. The number of hydrogen-bond donors (Lipinski definition) is 1. The molecule has 1 saturated carbocycles. The Morgan fingerprint density at radius 3 is 2.65 bits per heavy atom. The standard InChI is InChI=1S/C15H19BrO/c1-9-5-6-15(4,11(9)3)12-8-13(16)10(2)7-14(12)17/h7-9,17H,3,5-6H2,1-2,4H3/t9-,15+/m1/s1. The van der Waals surface area contributed by atoms with Gasteiger partial charge in [-0.2, -0.15) is 0 Å². The maximum atomic E-state index is 10.2. The molecule has 2 atom stereocenters. The molecule has 0 amide bonds. The van der Waals surface area contributed by atoms with Gasteiger partial charge in [-0.05, 0) is 43.4 Å². The van der Waals surface area contributed by atoms with Gasteiger partial charge in [-0.1, -0.05) is 41.9 Å². The van der Waals surface area contributed by atoms with Crippen molar-refractivity contribution in [3.05, 3.63) is 39.9 Å². The minimum atomic E-state index is -0.0836. The largest absolute Gasteiger partial charge is 0.508 e. The third-order valence-electron chi connectivity index (χ3n) is 4.25. The van der Waals surface area contributed by atoms with E-state index in [1.165, 1.54) is 5.57 Å². The summed E-state index contributed by atoms with van der Waals surface area (Å²) in [5, 5.41) is 10.2. The number of aryl methyl sites for hydroxylation is 1. The van der Waals surface area contributed by atoms with Crippen molar-refractivity contribution in [1.29, 1.82) is 0 Å². The lowest BCUT2D eigenvalue weighted by Crippen LogP contribution is -2.20. The van der Waals surface area contributed by atoms with Crippen molar-refractivity contribution >= 4 is 15.9 Å². The van der Waals surface area contributed by atoms with Gasteiger partial charge in [-0.25, -0.2) is 0 Å². The second-order valence-electron chi connectivity index (χ2n) is 5.42. The van der Waals surface area contributed by atoms with Gasteiger partial charge in [-0.3, -0.25) is 0 Å². The normalized spacial score (nSPS) is 28.7. The van der Waals surface area contributed by atoms with Crippen molar-refractivity contribution in [3.8, 4) is 5.75 Å². The Balaban J connectivity index is 2.54. The van der Waals surface area contributed by atoms with Crippen LogP contribution in [0.5, 0.6) is 5.75 Å². The van der Waals surface area contributed by atoms with E-state index in [1.54, 1.807) is 0 Å². The van der Waals surface area contributed by atoms with Crippen LogP contribution < -0.4 is 0 Å². The van der Waals surface area contributed by atoms with Crippen molar-refractivity contribution in [3.63, 3.8) is 0 Å². The molecule has 2 rings (SSSR count). The van der Waals surface area contributed by atoms with Crippen LogP contribution in [0.3, 0.4) is 0 Å². The quantitative estimate of drug-likeness (QED) is 0.744. The molecule has 1 aromatic rings. The van der Waals surface area contributed by atoms with Gasteiger partial charge in [0, 0.05) is 15.5 Å². The van der Waals surface area contributed by atoms with Crippen molar-refractivity contribution in [2.75, 3.05) is 0 Å². The number of phenols is 1. The van der Waals surface area contributed by atoms with Gasteiger partial charge >= 0.3 is 0 Å². The molecule has 2 heteroatoms. The molecule has 92 valence electrons. The molecule has 0 aromatic heterocycles. The molecule has 1 N–H and O–H groups in total. The van der Waals surface area contributed by atoms with Crippen LogP contribution in [0.25, 0.3) is 0 Å². The molecule has 0 spiro atoms. The number of phenolic OH excluding ortho intramolecular Hbond substituents is 1. The molecule has 0 radical (unpaired) electrons. The first kappa shape index (κ1) is 12.7. The van der Waals surface area contributed by atoms with Crippen molar-refractivity contribution in [1.82, 2.24) is 0 Å². The predicted octanol–water partition coefficient (Wildman–Crippen LogP) is 4.71. The molecule has 0 saturated heterocycles. The SMILES string of the molecule is C=C1[C@H](C)CC[C@]1(C)c1cc(Br)c(C)cc1O. The molecular weight excluding hydrogens is 276 g/mol. The molecule has 0 aliphatic heterocycles. The minimum Gasteiger partial charge on any atom is -0.508 e. The van der Waals surface area contributed by atoms with Crippen LogP contribution >= 0.6 is 15.9 Å². The van der Waals surface area contributed by atoms with Crippen LogP contribution in [-0.2, 0) is 5.41 Å². The Hall–Kier alpha value is -0.760. The maximum Gasteiger partial charge on any atom is 0.119 e. The number of benzene rings is 1. The van der Waals surface area contributed by atoms with E-state index in [0.29, 0.717) is 11.7 Å². The molecule has 1 fully saturated rings. The summed E-state index contributed by atoms with van der Waals surface area (Å²) < 4.78 is 1.05. The van der Waals surface area contributed by atoms with Gasteiger partial charge in [0.05, 0.1) is 0 Å². The van der Waals surface area contributed by atoms with Gasteiger partial charge in [0.25, 0.3) is 0 Å². The van der Waals surface area contributed by atoms with Crippen molar-refractivity contribution in [2.45, 2.75) is 39.0 Å². The van der Waals surface area contributed by atoms with E-state index in [2.05, 4.69) is 36.4 Å². The summed E-state index contributed by atoms with van der Waals surface area (Å²) in [4.78, 5) is 0. The second kappa shape index (κ2) is 4.16. The highest BCUT2D eigenvalue weighted by molar-refractivity contribution is 9.10.